The molecule has 26 nitrogen and oxygen atoms in total. The van der Waals surface area contributed by atoms with E-state index in [-0.39, 0.29) is 0 Å². The minimum Gasteiger partial charge on any atom is -0.394 e. The van der Waals surface area contributed by atoms with E-state index in [0.717, 1.165) is 0 Å². The van der Waals surface area contributed by atoms with Crippen LogP contribution < -0.4 is 0 Å². The molecule has 5 fully saturated rings. The van der Waals surface area contributed by atoms with Crippen molar-refractivity contribution in [2.24, 2.45) is 0 Å². The minimum atomic E-state index is -2.09. The third kappa shape index (κ3) is 9.31. The van der Waals surface area contributed by atoms with Crippen molar-refractivity contribution < 1.29 is 129 Å². The Morgan fingerprint density at radius 3 is 1.07 bits per heavy atom. The van der Waals surface area contributed by atoms with Gasteiger partial charge in [-0.05, 0) is 0 Å². The number of aliphatic hydroxyl groups is 17. The average molecular weight is 829 g/mol. The van der Waals surface area contributed by atoms with Crippen LogP contribution in [0.4, 0.5) is 0 Å². The van der Waals surface area contributed by atoms with E-state index in [2.05, 4.69) is 0 Å². The normalized spacial score (nSPS) is 53.2. The van der Waals surface area contributed by atoms with E-state index in [4.69, 9.17) is 42.6 Å². The Balaban J connectivity index is 1.27. The molecule has 328 valence electrons. The van der Waals surface area contributed by atoms with E-state index < -0.39 is 187 Å². The molecule has 0 spiro atoms. The Bertz CT molecular complexity index is 1210. The third-order valence-corrected chi connectivity index (χ3v) is 10.3. The highest BCUT2D eigenvalue weighted by Gasteiger charge is 2.55. The highest BCUT2D eigenvalue weighted by molar-refractivity contribution is 4.98. The van der Waals surface area contributed by atoms with Gasteiger partial charge in [-0.15, -0.1) is 0 Å². The lowest BCUT2D eigenvalue weighted by atomic mass is 9.96. The first-order valence-electron chi connectivity index (χ1n) is 17.6. The standard InChI is InChI=1S/C30H52O26/c31-1-6-11(35)16(40)18(42)28(51-6)55-25-15(39)9(4-34)52-30(22(25)46)56-24-14(38)8(3-33)50-27(21(24)45)48-5-10-12(36)17(41)19(43)29(53-10)54-23-13(37)7(2-32)49-26(47)20(23)44/h6-47H,1-5H2/t6-,7-,8-,9-,10-,11-,12-,13-,14-,15-,16+,17+,18-,19-,20-,21-,22-,23+,24+,25+,26?,27-,28+,29+,30+/m1/s1. The Kier molecular flexibility index (Phi) is 16.1. The van der Waals surface area contributed by atoms with Crippen molar-refractivity contribution >= 4 is 0 Å². The molecule has 1 unspecified atom stereocenters. The van der Waals surface area contributed by atoms with Crippen molar-refractivity contribution in [3.05, 3.63) is 0 Å². The molecular formula is C30H52O26. The van der Waals surface area contributed by atoms with Crippen LogP contribution in [0, 0.1) is 0 Å². The molecule has 0 aromatic heterocycles. The van der Waals surface area contributed by atoms with Gasteiger partial charge >= 0.3 is 0 Å². The summed E-state index contributed by atoms with van der Waals surface area (Å²) in [6.45, 7) is -4.34. The smallest absolute Gasteiger partial charge is 0.187 e. The lowest BCUT2D eigenvalue weighted by Gasteiger charge is -2.48. The third-order valence-electron chi connectivity index (χ3n) is 10.3. The van der Waals surface area contributed by atoms with Crippen LogP contribution in [-0.4, -0.2) is 273 Å². The van der Waals surface area contributed by atoms with Gasteiger partial charge < -0.3 is 129 Å². The van der Waals surface area contributed by atoms with Crippen LogP contribution in [0.15, 0.2) is 0 Å². The molecule has 56 heavy (non-hydrogen) atoms. The molecule has 0 saturated carbocycles. The van der Waals surface area contributed by atoms with Crippen molar-refractivity contribution in [3.8, 4) is 0 Å². The van der Waals surface area contributed by atoms with Gasteiger partial charge in [0, 0.05) is 0 Å². The Morgan fingerprint density at radius 2 is 0.625 bits per heavy atom. The first-order valence-corrected chi connectivity index (χ1v) is 17.6. The number of rotatable bonds is 13. The average Bonchev–Trinajstić information content (AvgIpc) is 3.18. The van der Waals surface area contributed by atoms with Crippen LogP contribution in [0.3, 0.4) is 0 Å². The van der Waals surface area contributed by atoms with Crippen LogP contribution >= 0.6 is 0 Å². The quantitative estimate of drug-likeness (QED) is 0.0819. The van der Waals surface area contributed by atoms with Crippen molar-refractivity contribution in [1.82, 2.24) is 0 Å². The monoisotopic (exact) mass is 828 g/mol. The molecular weight excluding hydrogens is 776 g/mol. The SMILES string of the molecule is OC[C@H]1O[C@@H](O[C@@H]2[C@@H](O)[C@H](O[C@@H]3[C@@H](O)[C@H](OC[C@H]4O[C@@H](O[C@H]5[C@H](O)[C@@H](CO)OC(O)[C@@H]5O)[C@H](O)[C@@H](O)[C@@H]4O)O[C@H](CO)[C@H]3O)O[C@H](CO)[C@H]2O)[C@H](O)[C@@H](O)[C@@H]1O. The highest BCUT2D eigenvalue weighted by Crippen LogP contribution is 2.34. The topological polar surface area (TPSA) is 427 Å². The van der Waals surface area contributed by atoms with Crippen molar-refractivity contribution in [2.75, 3.05) is 33.0 Å². The summed E-state index contributed by atoms with van der Waals surface area (Å²) in [6, 6.07) is 0. The van der Waals surface area contributed by atoms with Crippen molar-refractivity contribution in [1.29, 1.82) is 0 Å². The zero-order chi connectivity index (χ0) is 41.3. The lowest BCUT2D eigenvalue weighted by Crippen LogP contribution is -2.67. The highest BCUT2D eigenvalue weighted by atomic mass is 16.8. The summed E-state index contributed by atoms with van der Waals surface area (Å²) in [5.41, 5.74) is 0. The fourth-order valence-corrected chi connectivity index (χ4v) is 6.91. The summed E-state index contributed by atoms with van der Waals surface area (Å²) in [4.78, 5) is 0. The van der Waals surface area contributed by atoms with Crippen LogP contribution in [0.2, 0.25) is 0 Å². The van der Waals surface area contributed by atoms with Crippen LogP contribution in [0.25, 0.3) is 0 Å². The van der Waals surface area contributed by atoms with Crippen LogP contribution in [0.1, 0.15) is 0 Å². The fourth-order valence-electron chi connectivity index (χ4n) is 6.91. The van der Waals surface area contributed by atoms with Crippen molar-refractivity contribution in [2.45, 2.75) is 154 Å². The van der Waals surface area contributed by atoms with E-state index in [0.29, 0.717) is 0 Å². The second kappa shape index (κ2) is 19.6. The van der Waals surface area contributed by atoms with E-state index in [1.807, 2.05) is 0 Å². The number of hydrogen-bond donors (Lipinski definition) is 17. The molecule has 5 aliphatic heterocycles. The summed E-state index contributed by atoms with van der Waals surface area (Å²) in [5.74, 6) is 0. The summed E-state index contributed by atoms with van der Waals surface area (Å²) in [5, 5.41) is 176. The number of ether oxygens (including phenoxy) is 9. The minimum absolute atomic E-state index is 0.815. The van der Waals surface area contributed by atoms with Gasteiger partial charge in [-0.2, -0.15) is 0 Å². The first kappa shape index (κ1) is 46.0. The molecule has 5 rings (SSSR count). The molecule has 0 bridgehead atoms. The molecule has 26 heteroatoms. The molecule has 0 amide bonds. The fraction of sp³-hybridized carbons (Fsp3) is 1.00. The summed E-state index contributed by atoms with van der Waals surface area (Å²) in [7, 11) is 0. The summed E-state index contributed by atoms with van der Waals surface area (Å²) >= 11 is 0. The maximum atomic E-state index is 11.2. The van der Waals surface area contributed by atoms with Gasteiger partial charge in [0.25, 0.3) is 0 Å². The zero-order valence-corrected chi connectivity index (χ0v) is 29.2. The van der Waals surface area contributed by atoms with Crippen LogP contribution in [-0.2, 0) is 42.6 Å². The Hall–Kier alpha value is -1.04. The van der Waals surface area contributed by atoms with Gasteiger partial charge in [0.1, 0.15) is 122 Å². The molecule has 5 aliphatic rings. The number of hydrogen-bond acceptors (Lipinski definition) is 26. The molecule has 0 aliphatic carbocycles. The molecule has 0 aromatic rings. The van der Waals surface area contributed by atoms with Crippen molar-refractivity contribution in [3.63, 3.8) is 0 Å². The van der Waals surface area contributed by atoms with Gasteiger partial charge in [0.15, 0.2) is 31.5 Å². The predicted octanol–water partition coefficient (Wildman–Crippen LogP) is -11.9. The molecule has 0 aromatic carbocycles. The maximum absolute atomic E-state index is 11.2. The predicted molar refractivity (Wildman–Crippen MR) is 167 cm³/mol. The van der Waals surface area contributed by atoms with Gasteiger partial charge in [-0.1, -0.05) is 0 Å². The van der Waals surface area contributed by atoms with E-state index in [1.54, 1.807) is 0 Å². The van der Waals surface area contributed by atoms with Gasteiger partial charge in [0.05, 0.1) is 33.0 Å². The molecule has 5 heterocycles. The van der Waals surface area contributed by atoms with E-state index in [9.17, 15) is 86.8 Å². The van der Waals surface area contributed by atoms with Gasteiger partial charge in [-0.25, -0.2) is 0 Å². The molecule has 0 radical (unpaired) electrons. The van der Waals surface area contributed by atoms with Gasteiger partial charge in [0.2, 0.25) is 0 Å². The second-order valence-corrected chi connectivity index (χ2v) is 14.0. The van der Waals surface area contributed by atoms with Gasteiger partial charge in [-0.3, -0.25) is 0 Å². The largest absolute Gasteiger partial charge is 0.394 e. The Labute approximate surface area is 316 Å². The first-order chi connectivity index (χ1) is 26.5. The molecule has 25 atom stereocenters. The number of aliphatic hydroxyl groups excluding tert-OH is 17. The molecule has 17 N–H and O–H groups in total. The van der Waals surface area contributed by atoms with E-state index >= 15 is 0 Å². The Morgan fingerprint density at radius 1 is 0.304 bits per heavy atom. The zero-order valence-electron chi connectivity index (χ0n) is 29.2. The lowest BCUT2D eigenvalue weighted by molar-refractivity contribution is -0.384. The maximum Gasteiger partial charge on any atom is 0.187 e. The molecule has 5 saturated heterocycles. The second-order valence-electron chi connectivity index (χ2n) is 14.0. The van der Waals surface area contributed by atoms with Crippen LogP contribution in [0.5, 0.6) is 0 Å². The summed E-state index contributed by atoms with van der Waals surface area (Å²) < 4.78 is 48.8. The summed E-state index contributed by atoms with van der Waals surface area (Å²) in [6.07, 6.45) is -46.2. The van der Waals surface area contributed by atoms with E-state index in [1.165, 1.54) is 0 Å².